The standard InChI is InChI=1S/C8H8FN7S/c9-3-2-13-7(12)16-6(3)17-8-14-4(10)1-5(11)15-8/h1-2H,(H2,12,13,16)(H4,10,11,14,15). The van der Waals surface area contributed by atoms with Crippen molar-refractivity contribution in [3.8, 4) is 0 Å². The third-order valence-electron chi connectivity index (χ3n) is 1.66. The topological polar surface area (TPSA) is 130 Å². The van der Waals surface area contributed by atoms with Crippen LogP contribution in [0, 0.1) is 5.82 Å². The molecule has 0 unspecified atom stereocenters. The van der Waals surface area contributed by atoms with Gasteiger partial charge in [0, 0.05) is 6.07 Å². The van der Waals surface area contributed by atoms with Gasteiger partial charge >= 0.3 is 0 Å². The molecule has 0 saturated heterocycles. The molecule has 0 amide bonds. The van der Waals surface area contributed by atoms with Crippen molar-refractivity contribution in [2.45, 2.75) is 10.2 Å². The Morgan fingerprint density at radius 3 is 2.35 bits per heavy atom. The van der Waals surface area contributed by atoms with E-state index < -0.39 is 5.82 Å². The Balaban J connectivity index is 2.34. The number of anilines is 3. The fourth-order valence-electron chi connectivity index (χ4n) is 1.03. The summed E-state index contributed by atoms with van der Waals surface area (Å²) in [7, 11) is 0. The van der Waals surface area contributed by atoms with E-state index in [2.05, 4.69) is 19.9 Å². The van der Waals surface area contributed by atoms with Gasteiger partial charge in [0.25, 0.3) is 0 Å². The minimum absolute atomic E-state index is 0.0162. The molecule has 6 N–H and O–H groups in total. The molecule has 0 aromatic carbocycles. The lowest BCUT2D eigenvalue weighted by Gasteiger charge is -2.03. The molecule has 2 aromatic heterocycles. The van der Waals surface area contributed by atoms with Crippen molar-refractivity contribution >= 4 is 29.3 Å². The van der Waals surface area contributed by atoms with Gasteiger partial charge in [0.15, 0.2) is 11.0 Å². The first-order valence-corrected chi connectivity index (χ1v) is 5.22. The zero-order valence-corrected chi connectivity index (χ0v) is 9.28. The number of nitrogen functional groups attached to an aromatic ring is 3. The molecule has 2 aromatic rings. The fraction of sp³-hybridized carbons (Fsp3) is 0. The molecule has 0 aliphatic heterocycles. The molecular weight excluding hydrogens is 245 g/mol. The average Bonchev–Trinajstić information content (AvgIpc) is 2.22. The molecule has 2 heterocycles. The average molecular weight is 253 g/mol. The zero-order valence-electron chi connectivity index (χ0n) is 8.46. The van der Waals surface area contributed by atoms with Gasteiger partial charge < -0.3 is 17.2 Å². The molecule has 0 bridgehead atoms. The number of hydrogen-bond acceptors (Lipinski definition) is 8. The lowest BCUT2D eigenvalue weighted by molar-refractivity contribution is 0.580. The van der Waals surface area contributed by atoms with E-state index in [9.17, 15) is 4.39 Å². The Morgan fingerprint density at radius 2 is 1.71 bits per heavy atom. The molecule has 0 aliphatic carbocycles. The summed E-state index contributed by atoms with van der Waals surface area (Å²) in [5, 5.41) is 0.210. The molecule has 0 spiro atoms. The molecule has 88 valence electrons. The second-order valence-electron chi connectivity index (χ2n) is 2.98. The number of nitrogens with two attached hydrogens (primary N) is 3. The summed E-state index contributed by atoms with van der Waals surface area (Å²) >= 11 is 0.868. The molecule has 7 nitrogen and oxygen atoms in total. The van der Waals surface area contributed by atoms with Gasteiger partial charge in [0.05, 0.1) is 6.20 Å². The van der Waals surface area contributed by atoms with E-state index in [4.69, 9.17) is 17.2 Å². The van der Waals surface area contributed by atoms with Gasteiger partial charge in [0.1, 0.15) is 16.7 Å². The van der Waals surface area contributed by atoms with Crippen LogP contribution in [0.5, 0.6) is 0 Å². The smallest absolute Gasteiger partial charge is 0.221 e. The van der Waals surface area contributed by atoms with Crippen molar-refractivity contribution in [2.75, 3.05) is 17.2 Å². The number of nitrogens with zero attached hydrogens (tertiary/aromatic N) is 4. The molecule has 0 radical (unpaired) electrons. The van der Waals surface area contributed by atoms with Crippen molar-refractivity contribution < 1.29 is 4.39 Å². The lowest BCUT2D eigenvalue weighted by Crippen LogP contribution is -2.01. The van der Waals surface area contributed by atoms with Crippen LogP contribution in [-0.2, 0) is 0 Å². The van der Waals surface area contributed by atoms with Crippen LogP contribution in [-0.4, -0.2) is 19.9 Å². The SMILES string of the molecule is Nc1cc(N)nc(Sc2nc(N)ncc2F)n1. The van der Waals surface area contributed by atoms with Gasteiger partial charge in [-0.2, -0.15) is 0 Å². The van der Waals surface area contributed by atoms with Gasteiger partial charge in [-0.15, -0.1) is 0 Å². The molecule has 2 rings (SSSR count). The Bertz CT molecular complexity index is 541. The lowest BCUT2D eigenvalue weighted by atomic mass is 10.5. The van der Waals surface area contributed by atoms with Crippen LogP contribution >= 0.6 is 11.8 Å². The van der Waals surface area contributed by atoms with Crippen LogP contribution in [0.1, 0.15) is 0 Å². The minimum atomic E-state index is -0.617. The van der Waals surface area contributed by atoms with Gasteiger partial charge in [-0.3, -0.25) is 0 Å². The summed E-state index contributed by atoms with van der Waals surface area (Å²) < 4.78 is 13.3. The van der Waals surface area contributed by atoms with E-state index in [1.165, 1.54) is 6.07 Å². The normalized spacial score (nSPS) is 10.4. The largest absolute Gasteiger partial charge is 0.383 e. The maximum Gasteiger partial charge on any atom is 0.221 e. The Hall–Kier alpha value is -2.16. The number of hydrogen-bond donors (Lipinski definition) is 3. The fourth-order valence-corrected chi connectivity index (χ4v) is 1.79. The number of rotatable bonds is 2. The van der Waals surface area contributed by atoms with Crippen LogP contribution in [0.25, 0.3) is 0 Å². The summed E-state index contributed by atoms with van der Waals surface area (Å²) in [5.41, 5.74) is 16.3. The third kappa shape index (κ3) is 2.69. The van der Waals surface area contributed by atoms with E-state index in [1.54, 1.807) is 0 Å². The predicted molar refractivity (Wildman–Crippen MR) is 61.4 cm³/mol. The summed E-state index contributed by atoms with van der Waals surface area (Å²) in [6, 6.07) is 1.40. The highest BCUT2D eigenvalue weighted by Crippen LogP contribution is 2.26. The highest BCUT2D eigenvalue weighted by atomic mass is 32.2. The van der Waals surface area contributed by atoms with Crippen LogP contribution in [0.4, 0.5) is 22.0 Å². The predicted octanol–water partition coefficient (Wildman–Crippen LogP) is 0.304. The van der Waals surface area contributed by atoms with Crippen molar-refractivity contribution in [1.82, 2.24) is 19.9 Å². The van der Waals surface area contributed by atoms with Crippen molar-refractivity contribution in [3.05, 3.63) is 18.1 Å². The Kier molecular flexibility index (Phi) is 2.91. The van der Waals surface area contributed by atoms with E-state index >= 15 is 0 Å². The monoisotopic (exact) mass is 253 g/mol. The van der Waals surface area contributed by atoms with Crippen molar-refractivity contribution in [1.29, 1.82) is 0 Å². The van der Waals surface area contributed by atoms with Crippen LogP contribution in [0.15, 0.2) is 22.4 Å². The van der Waals surface area contributed by atoms with Gasteiger partial charge in [-0.25, -0.2) is 24.3 Å². The van der Waals surface area contributed by atoms with E-state index in [0.29, 0.717) is 0 Å². The maximum absolute atomic E-state index is 13.3. The first kappa shape index (κ1) is 11.3. The summed E-state index contributed by atoms with van der Waals surface area (Å²) in [4.78, 5) is 15.0. The van der Waals surface area contributed by atoms with Crippen LogP contribution in [0.2, 0.25) is 0 Å². The second kappa shape index (κ2) is 4.37. The molecule has 9 heteroatoms. The van der Waals surface area contributed by atoms with Crippen LogP contribution in [0.3, 0.4) is 0 Å². The van der Waals surface area contributed by atoms with E-state index in [1.807, 2.05) is 0 Å². The Morgan fingerprint density at radius 1 is 1.06 bits per heavy atom. The van der Waals surface area contributed by atoms with E-state index in [-0.39, 0.29) is 27.8 Å². The second-order valence-corrected chi connectivity index (χ2v) is 3.94. The summed E-state index contributed by atoms with van der Waals surface area (Å²) in [6.45, 7) is 0. The van der Waals surface area contributed by atoms with E-state index in [0.717, 1.165) is 18.0 Å². The van der Waals surface area contributed by atoms with Gasteiger partial charge in [0.2, 0.25) is 5.95 Å². The Labute approximate surface area is 99.7 Å². The molecular formula is C8H8FN7S. The minimum Gasteiger partial charge on any atom is -0.383 e. The number of halogens is 1. The highest BCUT2D eigenvalue weighted by molar-refractivity contribution is 7.99. The molecule has 0 aliphatic rings. The van der Waals surface area contributed by atoms with Crippen LogP contribution < -0.4 is 17.2 Å². The molecule has 0 fully saturated rings. The third-order valence-corrected chi connectivity index (χ3v) is 2.51. The first-order valence-electron chi connectivity index (χ1n) is 4.40. The quantitative estimate of drug-likeness (QED) is 0.514. The van der Waals surface area contributed by atoms with Gasteiger partial charge in [-0.1, -0.05) is 0 Å². The molecule has 17 heavy (non-hydrogen) atoms. The molecule has 0 saturated carbocycles. The maximum atomic E-state index is 13.3. The molecule has 0 atom stereocenters. The summed E-state index contributed by atoms with van der Waals surface area (Å²) in [6.07, 6.45) is 0.973. The van der Waals surface area contributed by atoms with Gasteiger partial charge in [-0.05, 0) is 11.8 Å². The first-order chi connectivity index (χ1) is 8.04. The highest BCUT2D eigenvalue weighted by Gasteiger charge is 2.10. The van der Waals surface area contributed by atoms with Crippen molar-refractivity contribution in [3.63, 3.8) is 0 Å². The summed E-state index contributed by atoms with van der Waals surface area (Å²) in [5.74, 6) is -0.260. The van der Waals surface area contributed by atoms with Crippen molar-refractivity contribution in [2.24, 2.45) is 0 Å². The zero-order chi connectivity index (χ0) is 12.4. The number of aromatic nitrogens is 4.